The number of anilines is 1. The lowest BCUT2D eigenvalue weighted by atomic mass is 10.0. The highest BCUT2D eigenvalue weighted by Crippen LogP contribution is 2.37. The summed E-state index contributed by atoms with van der Waals surface area (Å²) < 4.78 is 15.6. The average molecular weight is 484 g/mol. The van der Waals surface area contributed by atoms with Crippen LogP contribution in [0.4, 0.5) is 10.2 Å². The summed E-state index contributed by atoms with van der Waals surface area (Å²) >= 11 is 0. The van der Waals surface area contributed by atoms with Gasteiger partial charge in [-0.15, -0.1) is 5.10 Å². The third-order valence-electron chi connectivity index (χ3n) is 7.60. The first-order valence-electron chi connectivity index (χ1n) is 12.3. The second kappa shape index (κ2) is 8.39. The molecule has 4 aromatic heterocycles. The second-order valence-corrected chi connectivity index (χ2v) is 9.78. The summed E-state index contributed by atoms with van der Waals surface area (Å²) in [4.78, 5) is 17.3. The van der Waals surface area contributed by atoms with Gasteiger partial charge in [0.05, 0.1) is 12.3 Å². The fourth-order valence-electron chi connectivity index (χ4n) is 5.91. The Morgan fingerprint density at radius 1 is 0.972 bits per heavy atom. The normalized spacial score (nSPS) is 20.1. The molecule has 5 aromatic rings. The topological polar surface area (TPSA) is 85.6 Å². The van der Waals surface area contributed by atoms with E-state index in [1.54, 1.807) is 18.3 Å². The first-order chi connectivity index (χ1) is 17.7. The van der Waals surface area contributed by atoms with E-state index in [0.717, 1.165) is 77.7 Å². The van der Waals surface area contributed by atoms with Crippen LogP contribution in [0.5, 0.6) is 0 Å². The summed E-state index contributed by atoms with van der Waals surface area (Å²) in [6.07, 6.45) is 3.66. The van der Waals surface area contributed by atoms with Gasteiger partial charge in [0.15, 0.2) is 5.65 Å². The lowest BCUT2D eigenvalue weighted by molar-refractivity contribution is 0.214. The number of imidazole rings is 1. The van der Waals surface area contributed by atoms with E-state index < -0.39 is 0 Å². The summed E-state index contributed by atoms with van der Waals surface area (Å²) in [5, 5.41) is 15.4. The van der Waals surface area contributed by atoms with Gasteiger partial charge in [-0.1, -0.05) is 0 Å². The van der Waals surface area contributed by atoms with E-state index in [9.17, 15) is 9.50 Å². The number of hydrogen-bond donors (Lipinski definition) is 2. The first kappa shape index (κ1) is 21.5. The number of aromatic nitrogens is 5. The number of likely N-dealkylation sites (tertiary alicyclic amines) is 1. The van der Waals surface area contributed by atoms with E-state index in [0.29, 0.717) is 11.8 Å². The SMILES string of the molecule is OCCN1CC2CN(c3ccc4nc(-c5ccc(F)cc5)c(-c5ccnc6[nH]ccc56)n4n3)CC2C1. The Balaban J connectivity index is 1.34. The molecule has 2 aliphatic rings. The van der Waals surface area contributed by atoms with Gasteiger partial charge in [0.1, 0.15) is 23.0 Å². The highest BCUT2D eigenvalue weighted by molar-refractivity contribution is 5.96. The fourth-order valence-corrected chi connectivity index (χ4v) is 5.91. The van der Waals surface area contributed by atoms with Crippen LogP contribution in [0.15, 0.2) is 60.9 Å². The highest BCUT2D eigenvalue weighted by Gasteiger charge is 2.40. The molecule has 0 spiro atoms. The molecule has 36 heavy (non-hydrogen) atoms. The standard InChI is InChI=1S/C27H26FN7O/c28-20-3-1-17(2-4-20)25-26(21-7-9-29-27-22(21)8-10-30-27)35-23(31-25)5-6-24(32-35)34-15-18-13-33(11-12-36)14-19(18)16-34/h1-10,18-19,36H,11-16H2,(H,29,30). The average Bonchev–Trinajstić information content (AvgIpc) is 3.66. The molecule has 0 bridgehead atoms. The van der Waals surface area contributed by atoms with E-state index >= 15 is 0 Å². The Morgan fingerprint density at radius 3 is 2.56 bits per heavy atom. The van der Waals surface area contributed by atoms with Crippen LogP contribution in [-0.2, 0) is 0 Å². The predicted molar refractivity (Wildman–Crippen MR) is 136 cm³/mol. The van der Waals surface area contributed by atoms with Crippen molar-refractivity contribution in [1.82, 2.24) is 29.5 Å². The van der Waals surface area contributed by atoms with Crippen LogP contribution >= 0.6 is 0 Å². The Bertz CT molecular complexity index is 1550. The third kappa shape index (κ3) is 3.46. The monoisotopic (exact) mass is 483 g/mol. The minimum atomic E-state index is -0.279. The number of β-amino-alcohol motifs (C(OH)–C–C–N with tert-alkyl or cyclic N) is 1. The molecule has 0 amide bonds. The Morgan fingerprint density at radius 2 is 1.78 bits per heavy atom. The zero-order valence-corrected chi connectivity index (χ0v) is 19.7. The molecule has 2 unspecified atom stereocenters. The van der Waals surface area contributed by atoms with Gasteiger partial charge in [0, 0.05) is 61.6 Å². The number of rotatable bonds is 5. The molecule has 2 aliphatic heterocycles. The van der Waals surface area contributed by atoms with Gasteiger partial charge in [-0.05, 0) is 60.4 Å². The number of nitrogens with zero attached hydrogens (tertiary/aromatic N) is 6. The Hall–Kier alpha value is -3.82. The lowest BCUT2D eigenvalue weighted by Crippen LogP contribution is -2.31. The van der Waals surface area contributed by atoms with Gasteiger partial charge < -0.3 is 19.9 Å². The summed E-state index contributed by atoms with van der Waals surface area (Å²) in [5.41, 5.74) is 4.95. The maximum atomic E-state index is 13.7. The Labute approximate surface area is 207 Å². The molecule has 0 saturated carbocycles. The van der Waals surface area contributed by atoms with Crippen LogP contribution in [0, 0.1) is 17.7 Å². The lowest BCUT2D eigenvalue weighted by Gasteiger charge is -2.21. The van der Waals surface area contributed by atoms with E-state index in [4.69, 9.17) is 10.1 Å². The van der Waals surface area contributed by atoms with Crippen molar-refractivity contribution < 1.29 is 9.50 Å². The van der Waals surface area contributed by atoms with E-state index in [1.165, 1.54) is 12.1 Å². The highest BCUT2D eigenvalue weighted by atomic mass is 19.1. The number of pyridine rings is 1. The third-order valence-corrected chi connectivity index (χ3v) is 7.60. The molecular formula is C27H26FN7O. The number of aromatic amines is 1. The summed E-state index contributed by atoms with van der Waals surface area (Å²) in [6.45, 7) is 4.93. The summed E-state index contributed by atoms with van der Waals surface area (Å²) in [6, 6.07) is 14.5. The first-order valence-corrected chi connectivity index (χ1v) is 12.3. The number of aliphatic hydroxyl groups is 1. The number of H-pyrrole nitrogens is 1. The van der Waals surface area contributed by atoms with Crippen LogP contribution in [0.25, 0.3) is 39.2 Å². The van der Waals surface area contributed by atoms with Crippen molar-refractivity contribution in [1.29, 1.82) is 0 Å². The van der Waals surface area contributed by atoms with Crippen LogP contribution in [0.1, 0.15) is 0 Å². The van der Waals surface area contributed by atoms with Crippen LogP contribution in [0.2, 0.25) is 0 Å². The Kier molecular flexibility index (Phi) is 5.00. The molecule has 2 atom stereocenters. The van der Waals surface area contributed by atoms with Gasteiger partial charge in [0.25, 0.3) is 0 Å². The quantitative estimate of drug-likeness (QED) is 0.398. The van der Waals surface area contributed by atoms with E-state index in [-0.39, 0.29) is 12.4 Å². The minimum absolute atomic E-state index is 0.213. The summed E-state index contributed by atoms with van der Waals surface area (Å²) in [7, 11) is 0. The number of halogens is 1. The van der Waals surface area contributed by atoms with Crippen molar-refractivity contribution in [2.24, 2.45) is 11.8 Å². The molecule has 182 valence electrons. The van der Waals surface area contributed by atoms with Crippen LogP contribution < -0.4 is 4.90 Å². The second-order valence-electron chi connectivity index (χ2n) is 9.78. The molecule has 2 fully saturated rings. The fraction of sp³-hybridized carbons (Fsp3) is 0.296. The molecule has 1 aromatic carbocycles. The van der Waals surface area contributed by atoms with Crippen molar-refractivity contribution in [3.05, 3.63) is 66.7 Å². The number of hydrogen-bond acceptors (Lipinski definition) is 6. The molecule has 0 aliphatic carbocycles. The zero-order chi connectivity index (χ0) is 24.2. The smallest absolute Gasteiger partial charge is 0.155 e. The predicted octanol–water partition coefficient (Wildman–Crippen LogP) is 3.44. The maximum Gasteiger partial charge on any atom is 0.155 e. The van der Waals surface area contributed by atoms with Crippen molar-refractivity contribution in [2.45, 2.75) is 0 Å². The number of benzene rings is 1. The van der Waals surface area contributed by atoms with E-state index in [2.05, 4.69) is 19.8 Å². The number of nitrogens with one attached hydrogen (secondary N) is 1. The molecule has 7 rings (SSSR count). The largest absolute Gasteiger partial charge is 0.395 e. The van der Waals surface area contributed by atoms with Crippen molar-refractivity contribution >= 4 is 22.5 Å². The van der Waals surface area contributed by atoms with Crippen molar-refractivity contribution in [3.63, 3.8) is 0 Å². The van der Waals surface area contributed by atoms with Crippen molar-refractivity contribution in [2.75, 3.05) is 44.2 Å². The zero-order valence-electron chi connectivity index (χ0n) is 19.7. The maximum absolute atomic E-state index is 13.7. The minimum Gasteiger partial charge on any atom is -0.395 e. The molecule has 9 heteroatoms. The van der Waals surface area contributed by atoms with E-state index in [1.807, 2.05) is 35.0 Å². The molecule has 6 heterocycles. The van der Waals surface area contributed by atoms with Gasteiger partial charge in [0.2, 0.25) is 0 Å². The van der Waals surface area contributed by atoms with Crippen LogP contribution in [-0.4, -0.2) is 73.9 Å². The number of fused-ring (bicyclic) bond motifs is 3. The molecular weight excluding hydrogens is 457 g/mol. The van der Waals surface area contributed by atoms with Gasteiger partial charge in [-0.25, -0.2) is 18.9 Å². The van der Waals surface area contributed by atoms with Gasteiger partial charge >= 0.3 is 0 Å². The molecule has 8 nitrogen and oxygen atoms in total. The molecule has 0 radical (unpaired) electrons. The number of aliphatic hydroxyl groups excluding tert-OH is 1. The van der Waals surface area contributed by atoms with Crippen molar-refractivity contribution in [3.8, 4) is 22.5 Å². The molecule has 2 N–H and O–H groups in total. The van der Waals surface area contributed by atoms with Gasteiger partial charge in [-0.3, -0.25) is 0 Å². The van der Waals surface area contributed by atoms with Crippen LogP contribution in [0.3, 0.4) is 0 Å². The summed E-state index contributed by atoms with van der Waals surface area (Å²) in [5.74, 6) is 1.82. The molecule has 2 saturated heterocycles. The van der Waals surface area contributed by atoms with Gasteiger partial charge in [-0.2, -0.15) is 0 Å².